The van der Waals surface area contributed by atoms with Crippen molar-refractivity contribution in [3.05, 3.63) is 16.1 Å². The van der Waals surface area contributed by atoms with Crippen molar-refractivity contribution < 1.29 is 4.74 Å². The second-order valence-corrected chi connectivity index (χ2v) is 4.40. The second kappa shape index (κ2) is 7.79. The first-order valence-electron chi connectivity index (χ1n) is 5.58. The molecule has 0 radical (unpaired) electrons. The molecule has 0 amide bonds. The zero-order valence-corrected chi connectivity index (χ0v) is 10.4. The van der Waals surface area contributed by atoms with Gasteiger partial charge < -0.3 is 10.1 Å². The van der Waals surface area contributed by atoms with Crippen molar-refractivity contribution >= 4 is 11.3 Å². The van der Waals surface area contributed by atoms with Crippen LogP contribution in [0.5, 0.6) is 0 Å². The van der Waals surface area contributed by atoms with Crippen molar-refractivity contribution in [2.75, 3.05) is 13.2 Å². The number of nitrogens with one attached hydrogen (secondary N) is 1. The highest BCUT2D eigenvalue weighted by Crippen LogP contribution is 2.10. The summed E-state index contributed by atoms with van der Waals surface area (Å²) < 4.78 is 5.44. The van der Waals surface area contributed by atoms with Gasteiger partial charge in [-0.15, -0.1) is 11.3 Å². The van der Waals surface area contributed by atoms with Crippen LogP contribution >= 0.6 is 11.3 Å². The standard InChI is InChI=1S/C11H20N2OS/c1-3-5-12-7-10-9-15-11(13-10)8-14-6-4-2/h9,12H,3-8H2,1-2H3. The van der Waals surface area contributed by atoms with Gasteiger partial charge in [-0.3, -0.25) is 0 Å². The van der Waals surface area contributed by atoms with Crippen molar-refractivity contribution in [2.24, 2.45) is 0 Å². The SMILES string of the molecule is CCCNCc1csc(COCCC)n1. The molecular formula is C11H20N2OS. The van der Waals surface area contributed by atoms with Crippen LogP contribution in [-0.4, -0.2) is 18.1 Å². The first kappa shape index (κ1) is 12.6. The molecule has 0 saturated heterocycles. The van der Waals surface area contributed by atoms with Crippen molar-refractivity contribution in [2.45, 2.75) is 39.8 Å². The van der Waals surface area contributed by atoms with Gasteiger partial charge in [0.15, 0.2) is 0 Å². The summed E-state index contributed by atoms with van der Waals surface area (Å²) in [6.07, 6.45) is 2.23. The molecule has 0 aliphatic heterocycles. The molecule has 0 unspecified atom stereocenters. The van der Waals surface area contributed by atoms with E-state index in [2.05, 4.69) is 29.5 Å². The first-order valence-corrected chi connectivity index (χ1v) is 6.46. The monoisotopic (exact) mass is 228 g/mol. The second-order valence-electron chi connectivity index (χ2n) is 3.46. The molecule has 0 saturated carbocycles. The summed E-state index contributed by atoms with van der Waals surface area (Å²) in [6.45, 7) is 7.69. The minimum atomic E-state index is 0.659. The normalized spacial score (nSPS) is 10.8. The molecule has 4 heteroatoms. The number of thiazole rings is 1. The van der Waals surface area contributed by atoms with Gasteiger partial charge in [0.05, 0.1) is 12.3 Å². The van der Waals surface area contributed by atoms with Gasteiger partial charge in [0, 0.05) is 18.5 Å². The van der Waals surface area contributed by atoms with Crippen LogP contribution in [0.15, 0.2) is 5.38 Å². The summed E-state index contributed by atoms with van der Waals surface area (Å²) in [5.41, 5.74) is 1.13. The van der Waals surface area contributed by atoms with Crippen LogP contribution in [0.4, 0.5) is 0 Å². The Kier molecular flexibility index (Phi) is 6.55. The van der Waals surface area contributed by atoms with Crippen LogP contribution < -0.4 is 5.32 Å². The maximum absolute atomic E-state index is 5.44. The third-order valence-corrected chi connectivity index (χ3v) is 2.78. The van der Waals surface area contributed by atoms with Crippen LogP contribution in [0.2, 0.25) is 0 Å². The maximum Gasteiger partial charge on any atom is 0.119 e. The Balaban J connectivity index is 2.23. The largest absolute Gasteiger partial charge is 0.374 e. The Morgan fingerprint density at radius 1 is 1.40 bits per heavy atom. The van der Waals surface area contributed by atoms with Crippen molar-refractivity contribution in [1.29, 1.82) is 0 Å². The number of aromatic nitrogens is 1. The Morgan fingerprint density at radius 3 is 3.00 bits per heavy atom. The summed E-state index contributed by atoms with van der Waals surface area (Å²) in [5.74, 6) is 0. The lowest BCUT2D eigenvalue weighted by atomic mass is 10.4. The van der Waals surface area contributed by atoms with E-state index in [1.807, 2.05) is 0 Å². The van der Waals surface area contributed by atoms with Gasteiger partial charge in [0.25, 0.3) is 0 Å². The van der Waals surface area contributed by atoms with E-state index < -0.39 is 0 Å². The minimum absolute atomic E-state index is 0.659. The maximum atomic E-state index is 5.44. The smallest absolute Gasteiger partial charge is 0.119 e. The predicted octanol–water partition coefficient (Wildman–Crippen LogP) is 2.57. The number of hydrogen-bond donors (Lipinski definition) is 1. The summed E-state index contributed by atoms with van der Waals surface area (Å²) in [4.78, 5) is 4.48. The molecule has 1 rings (SSSR count). The molecule has 15 heavy (non-hydrogen) atoms. The van der Waals surface area contributed by atoms with Crippen LogP contribution in [0.25, 0.3) is 0 Å². The summed E-state index contributed by atoms with van der Waals surface area (Å²) in [5, 5.41) is 6.52. The van der Waals surface area contributed by atoms with Gasteiger partial charge in [0.1, 0.15) is 5.01 Å². The van der Waals surface area contributed by atoms with Gasteiger partial charge in [-0.05, 0) is 19.4 Å². The predicted molar refractivity (Wildman–Crippen MR) is 64.1 cm³/mol. The fraction of sp³-hybridized carbons (Fsp3) is 0.727. The number of rotatable bonds is 8. The molecule has 86 valence electrons. The third-order valence-electron chi connectivity index (χ3n) is 1.91. The number of nitrogens with zero attached hydrogens (tertiary/aromatic N) is 1. The lowest BCUT2D eigenvalue weighted by molar-refractivity contribution is 0.121. The molecule has 3 nitrogen and oxygen atoms in total. The van der Waals surface area contributed by atoms with Crippen LogP contribution in [0, 0.1) is 0 Å². The van der Waals surface area contributed by atoms with Gasteiger partial charge in [-0.1, -0.05) is 13.8 Å². The first-order chi connectivity index (χ1) is 7.36. The van der Waals surface area contributed by atoms with E-state index in [0.717, 1.165) is 43.2 Å². The van der Waals surface area contributed by atoms with Gasteiger partial charge in [0.2, 0.25) is 0 Å². The fourth-order valence-corrected chi connectivity index (χ4v) is 1.92. The van der Waals surface area contributed by atoms with E-state index in [0.29, 0.717) is 6.61 Å². The zero-order valence-electron chi connectivity index (χ0n) is 9.58. The van der Waals surface area contributed by atoms with E-state index in [1.54, 1.807) is 11.3 Å². The Hall–Kier alpha value is -0.450. The molecule has 0 aromatic carbocycles. The molecule has 0 bridgehead atoms. The van der Waals surface area contributed by atoms with Crippen LogP contribution in [0.3, 0.4) is 0 Å². The van der Waals surface area contributed by atoms with Crippen LogP contribution in [0.1, 0.15) is 37.4 Å². The van der Waals surface area contributed by atoms with E-state index >= 15 is 0 Å². The molecule has 1 aromatic rings. The number of hydrogen-bond acceptors (Lipinski definition) is 4. The summed E-state index contributed by atoms with van der Waals surface area (Å²) in [6, 6.07) is 0. The number of ether oxygens (including phenoxy) is 1. The molecule has 0 aliphatic rings. The topological polar surface area (TPSA) is 34.1 Å². The quantitative estimate of drug-likeness (QED) is 0.694. The minimum Gasteiger partial charge on any atom is -0.374 e. The Bertz CT molecular complexity index is 238. The summed E-state index contributed by atoms with van der Waals surface area (Å²) >= 11 is 1.68. The molecule has 0 aliphatic carbocycles. The van der Waals surface area contributed by atoms with E-state index in [1.165, 1.54) is 0 Å². The molecule has 1 aromatic heterocycles. The Morgan fingerprint density at radius 2 is 2.27 bits per heavy atom. The Labute approximate surface area is 95.9 Å². The highest BCUT2D eigenvalue weighted by atomic mass is 32.1. The third kappa shape index (κ3) is 5.25. The van der Waals surface area contributed by atoms with E-state index in [4.69, 9.17) is 4.74 Å². The molecule has 0 fully saturated rings. The lowest BCUT2D eigenvalue weighted by Gasteiger charge is -1.99. The van der Waals surface area contributed by atoms with Gasteiger partial charge in [-0.25, -0.2) is 4.98 Å². The molecule has 1 N–H and O–H groups in total. The van der Waals surface area contributed by atoms with Gasteiger partial charge in [-0.2, -0.15) is 0 Å². The molecule has 0 spiro atoms. The van der Waals surface area contributed by atoms with E-state index in [9.17, 15) is 0 Å². The fourth-order valence-electron chi connectivity index (χ4n) is 1.19. The average molecular weight is 228 g/mol. The molecule has 1 heterocycles. The van der Waals surface area contributed by atoms with E-state index in [-0.39, 0.29) is 0 Å². The average Bonchev–Trinajstić information content (AvgIpc) is 2.67. The van der Waals surface area contributed by atoms with Crippen molar-refractivity contribution in [3.63, 3.8) is 0 Å². The summed E-state index contributed by atoms with van der Waals surface area (Å²) in [7, 11) is 0. The molecular weight excluding hydrogens is 208 g/mol. The van der Waals surface area contributed by atoms with Crippen LogP contribution in [-0.2, 0) is 17.9 Å². The van der Waals surface area contributed by atoms with Crippen molar-refractivity contribution in [1.82, 2.24) is 10.3 Å². The highest BCUT2D eigenvalue weighted by molar-refractivity contribution is 7.09. The highest BCUT2D eigenvalue weighted by Gasteiger charge is 2.01. The van der Waals surface area contributed by atoms with Crippen molar-refractivity contribution in [3.8, 4) is 0 Å². The van der Waals surface area contributed by atoms with Gasteiger partial charge >= 0.3 is 0 Å². The zero-order chi connectivity index (χ0) is 10.9. The lowest BCUT2D eigenvalue weighted by Crippen LogP contribution is -2.13. The molecule has 0 atom stereocenters.